The van der Waals surface area contributed by atoms with Gasteiger partial charge < -0.3 is 0 Å². The van der Waals surface area contributed by atoms with Gasteiger partial charge in [-0.05, 0) is 35.2 Å². The van der Waals surface area contributed by atoms with Crippen molar-refractivity contribution in [3.8, 4) is 11.1 Å². The van der Waals surface area contributed by atoms with Gasteiger partial charge in [0.25, 0.3) is 5.69 Å². The molecule has 3 aromatic rings. The molecule has 0 N–H and O–H groups in total. The van der Waals surface area contributed by atoms with Crippen molar-refractivity contribution in [3.63, 3.8) is 0 Å². The van der Waals surface area contributed by atoms with E-state index in [1.54, 1.807) is 19.1 Å². The van der Waals surface area contributed by atoms with E-state index in [0.29, 0.717) is 11.1 Å². The highest BCUT2D eigenvalue weighted by Crippen LogP contribution is 2.29. The molecule has 0 amide bonds. The Hall–Kier alpha value is -3.03. The molecule has 7 heteroatoms. The molecule has 0 radical (unpaired) electrons. The van der Waals surface area contributed by atoms with E-state index >= 15 is 0 Å². The lowest BCUT2D eigenvalue weighted by Crippen LogP contribution is -2.10. The van der Waals surface area contributed by atoms with Crippen LogP contribution in [0, 0.1) is 17.0 Å². The van der Waals surface area contributed by atoms with E-state index in [1.807, 2.05) is 42.5 Å². The van der Waals surface area contributed by atoms with Crippen LogP contribution in [0.2, 0.25) is 0 Å². The third-order valence-electron chi connectivity index (χ3n) is 4.05. The molecule has 27 heavy (non-hydrogen) atoms. The summed E-state index contributed by atoms with van der Waals surface area (Å²) in [6.45, 7) is 1.43. The fraction of sp³-hybridized carbons (Fsp3) is 0.100. The molecule has 6 nitrogen and oxygen atoms in total. The van der Waals surface area contributed by atoms with Gasteiger partial charge >= 0.3 is 10.1 Å². The van der Waals surface area contributed by atoms with Crippen LogP contribution in [0.25, 0.3) is 11.1 Å². The Morgan fingerprint density at radius 2 is 1.63 bits per heavy atom. The molecule has 0 aliphatic rings. The number of nitro benzene ring substituents is 1. The summed E-state index contributed by atoms with van der Waals surface area (Å²) in [5, 5.41) is 11.2. The highest BCUT2D eigenvalue weighted by Gasteiger charge is 2.27. The van der Waals surface area contributed by atoms with Crippen molar-refractivity contribution in [3.05, 3.63) is 94.0 Å². The van der Waals surface area contributed by atoms with Crippen molar-refractivity contribution in [1.29, 1.82) is 0 Å². The van der Waals surface area contributed by atoms with Crippen LogP contribution >= 0.6 is 0 Å². The monoisotopic (exact) mass is 383 g/mol. The number of hydrogen-bond acceptors (Lipinski definition) is 5. The number of hydrogen-bond donors (Lipinski definition) is 0. The molecular formula is C20H17NO5S. The first-order valence-corrected chi connectivity index (χ1v) is 9.57. The average Bonchev–Trinajstić information content (AvgIpc) is 2.67. The Morgan fingerprint density at radius 3 is 2.33 bits per heavy atom. The van der Waals surface area contributed by atoms with Crippen LogP contribution in [0.1, 0.15) is 11.1 Å². The van der Waals surface area contributed by atoms with E-state index in [4.69, 9.17) is 4.18 Å². The molecule has 138 valence electrons. The van der Waals surface area contributed by atoms with Crippen LogP contribution in [0.4, 0.5) is 5.69 Å². The van der Waals surface area contributed by atoms with Crippen LogP contribution in [0.5, 0.6) is 0 Å². The van der Waals surface area contributed by atoms with Gasteiger partial charge in [-0.15, -0.1) is 0 Å². The highest BCUT2D eigenvalue weighted by molar-refractivity contribution is 7.86. The summed E-state index contributed by atoms with van der Waals surface area (Å²) in [4.78, 5) is 10.0. The van der Waals surface area contributed by atoms with Gasteiger partial charge in [-0.25, -0.2) is 0 Å². The molecule has 3 aromatic carbocycles. The third-order valence-corrected chi connectivity index (χ3v) is 5.36. The zero-order valence-corrected chi connectivity index (χ0v) is 15.3. The first kappa shape index (κ1) is 18.8. The van der Waals surface area contributed by atoms with Crippen LogP contribution in [0.3, 0.4) is 0 Å². The van der Waals surface area contributed by atoms with Gasteiger partial charge in [-0.1, -0.05) is 60.7 Å². The van der Waals surface area contributed by atoms with Crippen molar-refractivity contribution in [2.45, 2.75) is 18.4 Å². The minimum absolute atomic E-state index is 0.224. The van der Waals surface area contributed by atoms with Crippen molar-refractivity contribution in [2.75, 3.05) is 0 Å². The van der Waals surface area contributed by atoms with Crippen LogP contribution in [0.15, 0.2) is 77.7 Å². The molecule has 0 saturated heterocycles. The van der Waals surface area contributed by atoms with Gasteiger partial charge in [-0.2, -0.15) is 8.42 Å². The van der Waals surface area contributed by atoms with Crippen molar-refractivity contribution in [2.24, 2.45) is 0 Å². The lowest BCUT2D eigenvalue weighted by molar-refractivity contribution is -0.388. The predicted octanol–water partition coefficient (Wildman–Crippen LogP) is 4.48. The SMILES string of the molecule is Cc1ccc(S(=O)(=O)OCc2ccccc2-c2ccccc2)c([N+](=O)[O-])c1. The maximum absolute atomic E-state index is 12.6. The predicted molar refractivity (Wildman–Crippen MR) is 102 cm³/mol. The lowest BCUT2D eigenvalue weighted by atomic mass is 10.0. The normalized spacial score (nSPS) is 11.3. The summed E-state index contributed by atoms with van der Waals surface area (Å²) in [5.74, 6) is 0. The van der Waals surface area contributed by atoms with Crippen LogP contribution in [-0.2, 0) is 20.9 Å². The Bertz CT molecular complexity index is 1080. The standard InChI is InChI=1S/C20H17NO5S/c1-15-11-12-20(19(13-15)21(22)23)27(24,25)26-14-17-9-5-6-10-18(17)16-7-3-2-4-8-16/h2-13H,14H2,1H3. The van der Waals surface area contributed by atoms with Gasteiger partial charge in [0.1, 0.15) is 0 Å². The van der Waals surface area contributed by atoms with Crippen molar-refractivity contribution >= 4 is 15.8 Å². The van der Waals surface area contributed by atoms with E-state index in [2.05, 4.69) is 0 Å². The zero-order valence-electron chi connectivity index (χ0n) is 14.5. The minimum Gasteiger partial charge on any atom is -0.261 e. The van der Waals surface area contributed by atoms with Gasteiger partial charge in [0.05, 0.1) is 11.5 Å². The smallest absolute Gasteiger partial charge is 0.261 e. The van der Waals surface area contributed by atoms with Crippen molar-refractivity contribution < 1.29 is 17.5 Å². The second kappa shape index (κ2) is 7.69. The average molecular weight is 383 g/mol. The van der Waals surface area contributed by atoms with Gasteiger partial charge in [-0.3, -0.25) is 14.3 Å². The molecule has 0 saturated carbocycles. The minimum atomic E-state index is -4.29. The van der Waals surface area contributed by atoms with Gasteiger partial charge in [0.15, 0.2) is 4.90 Å². The molecule has 0 spiro atoms. The maximum Gasteiger partial charge on any atom is 0.304 e. The van der Waals surface area contributed by atoms with Crippen LogP contribution < -0.4 is 0 Å². The number of nitro groups is 1. The molecular weight excluding hydrogens is 366 g/mol. The van der Waals surface area contributed by atoms with Crippen LogP contribution in [-0.4, -0.2) is 13.3 Å². The molecule has 0 heterocycles. The first-order chi connectivity index (χ1) is 12.9. The zero-order chi connectivity index (χ0) is 19.4. The lowest BCUT2D eigenvalue weighted by Gasteiger charge is -2.11. The summed E-state index contributed by atoms with van der Waals surface area (Å²) >= 11 is 0. The van der Waals surface area contributed by atoms with Crippen molar-refractivity contribution in [1.82, 2.24) is 0 Å². The molecule has 0 aromatic heterocycles. The van der Waals surface area contributed by atoms with E-state index in [9.17, 15) is 18.5 Å². The number of aryl methyl sites for hydroxylation is 1. The topological polar surface area (TPSA) is 86.5 Å². The number of nitrogens with zero attached hydrogens (tertiary/aromatic N) is 1. The summed E-state index contributed by atoms with van der Waals surface area (Å²) in [5.41, 5.74) is 2.53. The molecule has 0 bridgehead atoms. The van der Waals surface area contributed by atoms with E-state index < -0.39 is 25.6 Å². The molecule has 0 atom stereocenters. The molecule has 0 unspecified atom stereocenters. The second-order valence-electron chi connectivity index (χ2n) is 5.97. The molecule has 0 aliphatic heterocycles. The Morgan fingerprint density at radius 1 is 0.963 bits per heavy atom. The Labute approximate surface area is 157 Å². The van der Waals surface area contributed by atoms with Gasteiger partial charge in [0.2, 0.25) is 0 Å². The van der Waals surface area contributed by atoms with E-state index in [-0.39, 0.29) is 6.61 Å². The fourth-order valence-corrected chi connectivity index (χ4v) is 3.76. The largest absolute Gasteiger partial charge is 0.304 e. The first-order valence-electron chi connectivity index (χ1n) is 8.16. The fourth-order valence-electron chi connectivity index (χ4n) is 2.73. The molecule has 3 rings (SSSR count). The summed E-state index contributed by atoms with van der Waals surface area (Å²) < 4.78 is 30.3. The maximum atomic E-state index is 12.6. The second-order valence-corrected chi connectivity index (χ2v) is 7.55. The van der Waals surface area contributed by atoms with E-state index in [1.165, 1.54) is 18.2 Å². The number of benzene rings is 3. The van der Waals surface area contributed by atoms with E-state index in [0.717, 1.165) is 11.1 Å². The highest BCUT2D eigenvalue weighted by atomic mass is 32.2. The van der Waals surface area contributed by atoms with Gasteiger partial charge in [0, 0.05) is 6.07 Å². The third kappa shape index (κ3) is 4.21. The summed E-state index contributed by atoms with van der Waals surface area (Å²) in [6.07, 6.45) is 0. The Kier molecular flexibility index (Phi) is 5.34. The summed E-state index contributed by atoms with van der Waals surface area (Å²) in [6, 6.07) is 20.7. The Balaban J connectivity index is 1.91. The molecule has 0 aliphatic carbocycles. The quantitative estimate of drug-likeness (QED) is 0.356. The summed E-state index contributed by atoms with van der Waals surface area (Å²) in [7, 11) is -4.29. The number of rotatable bonds is 6. The molecule has 0 fully saturated rings.